The fourth-order valence-electron chi connectivity index (χ4n) is 3.48. The highest BCUT2D eigenvalue weighted by molar-refractivity contribution is 7.80. The van der Waals surface area contributed by atoms with Gasteiger partial charge in [-0.25, -0.2) is 0 Å². The number of hydrogen-bond acceptors (Lipinski definition) is 5. The Hall–Kier alpha value is -3.13. The minimum absolute atomic E-state index is 0.208. The van der Waals surface area contributed by atoms with E-state index in [1.165, 1.54) is 0 Å². The third-order valence-corrected chi connectivity index (χ3v) is 5.43. The molecule has 0 unspecified atom stereocenters. The molecule has 170 valence electrons. The number of rotatable bonds is 7. The van der Waals surface area contributed by atoms with Crippen LogP contribution in [0.2, 0.25) is 0 Å². The van der Waals surface area contributed by atoms with Crippen molar-refractivity contribution in [3.63, 3.8) is 0 Å². The van der Waals surface area contributed by atoms with E-state index < -0.39 is 0 Å². The van der Waals surface area contributed by atoms with Crippen LogP contribution in [0.1, 0.15) is 37.0 Å². The van der Waals surface area contributed by atoms with Gasteiger partial charge in [-0.1, -0.05) is 19.9 Å². The van der Waals surface area contributed by atoms with Gasteiger partial charge in [-0.3, -0.25) is 14.9 Å². The molecule has 1 saturated heterocycles. The normalized spacial score (nSPS) is 13.4. The van der Waals surface area contributed by atoms with E-state index in [-0.39, 0.29) is 16.9 Å². The van der Waals surface area contributed by atoms with Crippen molar-refractivity contribution in [2.75, 3.05) is 43.0 Å². The molecule has 0 aliphatic carbocycles. The summed E-state index contributed by atoms with van der Waals surface area (Å²) in [6.45, 7) is 7.64. The zero-order chi connectivity index (χ0) is 22.9. The summed E-state index contributed by atoms with van der Waals surface area (Å²) >= 11 is 5.30. The lowest BCUT2D eigenvalue weighted by molar-refractivity contribution is -0.131. The van der Waals surface area contributed by atoms with Gasteiger partial charge < -0.3 is 19.9 Å². The number of piperazine rings is 1. The maximum atomic E-state index is 12.5. The lowest BCUT2D eigenvalue weighted by atomic mass is 10.2. The van der Waals surface area contributed by atoms with E-state index in [0.29, 0.717) is 24.3 Å². The Morgan fingerprint density at radius 2 is 1.75 bits per heavy atom. The number of thiocarbonyl (C=S) groups is 1. The molecule has 0 bridgehead atoms. The molecule has 32 heavy (non-hydrogen) atoms. The van der Waals surface area contributed by atoms with Crippen molar-refractivity contribution in [2.45, 2.75) is 26.7 Å². The topological polar surface area (TPSA) is 73.9 Å². The summed E-state index contributed by atoms with van der Waals surface area (Å²) in [4.78, 5) is 28.5. The number of carbonyl (C=O) groups excluding carboxylic acids is 2. The number of ether oxygens (including phenoxy) is 1. The molecule has 0 radical (unpaired) electrons. The van der Waals surface area contributed by atoms with Crippen LogP contribution in [0.25, 0.3) is 0 Å². The minimum Gasteiger partial charge on any atom is -0.494 e. The van der Waals surface area contributed by atoms with Gasteiger partial charge in [0.1, 0.15) is 5.75 Å². The largest absolute Gasteiger partial charge is 0.494 e. The first-order chi connectivity index (χ1) is 15.5. The summed E-state index contributed by atoms with van der Waals surface area (Å²) < 4.78 is 5.58. The van der Waals surface area contributed by atoms with E-state index in [1.807, 2.05) is 49.1 Å². The number of benzene rings is 2. The molecule has 0 aromatic heterocycles. The van der Waals surface area contributed by atoms with Gasteiger partial charge in [0, 0.05) is 49.5 Å². The van der Waals surface area contributed by atoms with Crippen LogP contribution < -0.4 is 20.3 Å². The summed E-state index contributed by atoms with van der Waals surface area (Å²) in [5.74, 6) is 0.578. The molecule has 0 atom stereocenters. The van der Waals surface area contributed by atoms with Crippen molar-refractivity contribution in [3.8, 4) is 5.75 Å². The highest BCUT2D eigenvalue weighted by Gasteiger charge is 2.20. The number of carbonyl (C=O) groups is 2. The molecule has 1 aliphatic rings. The molecule has 1 fully saturated rings. The Balaban J connectivity index is 1.50. The van der Waals surface area contributed by atoms with Gasteiger partial charge in [0.25, 0.3) is 5.91 Å². The Kier molecular flexibility index (Phi) is 8.44. The van der Waals surface area contributed by atoms with Crippen LogP contribution >= 0.6 is 12.2 Å². The second-order valence-electron chi connectivity index (χ2n) is 7.55. The van der Waals surface area contributed by atoms with Crippen LogP contribution in [0.4, 0.5) is 11.4 Å². The maximum Gasteiger partial charge on any atom is 0.257 e. The molecular weight excluding hydrogens is 424 g/mol. The standard InChI is InChI=1S/C24H30N4O3S/c1-3-16-31-21-7-5-6-18(17-21)23(30)26-24(32)25-19-8-10-20(11-9-19)27-12-14-28(15-13-27)22(29)4-2/h5-11,17H,3-4,12-16H2,1-2H3,(H2,25,26,30,32). The van der Waals surface area contributed by atoms with Gasteiger partial charge >= 0.3 is 0 Å². The van der Waals surface area contributed by atoms with Crippen LogP contribution in [-0.2, 0) is 4.79 Å². The average Bonchev–Trinajstić information content (AvgIpc) is 2.83. The second-order valence-corrected chi connectivity index (χ2v) is 7.96. The highest BCUT2D eigenvalue weighted by Crippen LogP contribution is 2.20. The molecule has 0 spiro atoms. The summed E-state index contributed by atoms with van der Waals surface area (Å²) in [6, 6.07) is 14.9. The number of anilines is 2. The smallest absolute Gasteiger partial charge is 0.257 e. The van der Waals surface area contributed by atoms with Crippen LogP contribution in [0.3, 0.4) is 0 Å². The zero-order valence-corrected chi connectivity index (χ0v) is 19.4. The summed E-state index contributed by atoms with van der Waals surface area (Å²) in [6.07, 6.45) is 1.45. The summed E-state index contributed by atoms with van der Waals surface area (Å²) in [5, 5.41) is 5.98. The van der Waals surface area contributed by atoms with E-state index in [9.17, 15) is 9.59 Å². The quantitative estimate of drug-likeness (QED) is 0.622. The number of amides is 2. The Morgan fingerprint density at radius 3 is 2.41 bits per heavy atom. The van der Waals surface area contributed by atoms with Crippen LogP contribution in [-0.4, -0.2) is 54.6 Å². The zero-order valence-electron chi connectivity index (χ0n) is 18.6. The molecule has 3 rings (SSSR count). The monoisotopic (exact) mass is 454 g/mol. The fraction of sp³-hybridized carbons (Fsp3) is 0.375. The first kappa shape index (κ1) is 23.5. The van der Waals surface area contributed by atoms with Crippen molar-refractivity contribution in [1.82, 2.24) is 10.2 Å². The van der Waals surface area contributed by atoms with Gasteiger partial charge in [0.05, 0.1) is 6.61 Å². The van der Waals surface area contributed by atoms with Crippen molar-refractivity contribution >= 4 is 40.5 Å². The lowest BCUT2D eigenvalue weighted by Gasteiger charge is -2.36. The molecule has 2 N–H and O–H groups in total. The summed E-state index contributed by atoms with van der Waals surface area (Å²) in [5.41, 5.74) is 2.37. The van der Waals surface area contributed by atoms with Gasteiger partial charge in [-0.2, -0.15) is 0 Å². The predicted molar refractivity (Wildman–Crippen MR) is 131 cm³/mol. The number of hydrogen-bond donors (Lipinski definition) is 2. The first-order valence-corrected chi connectivity index (χ1v) is 11.4. The molecule has 2 aromatic carbocycles. The predicted octanol–water partition coefficient (Wildman–Crippen LogP) is 3.66. The van der Waals surface area contributed by atoms with Crippen LogP contribution in [0.15, 0.2) is 48.5 Å². The molecule has 8 heteroatoms. The molecule has 7 nitrogen and oxygen atoms in total. The Labute approximate surface area is 194 Å². The van der Waals surface area contributed by atoms with E-state index in [4.69, 9.17) is 17.0 Å². The van der Waals surface area contributed by atoms with E-state index in [1.54, 1.807) is 18.2 Å². The van der Waals surface area contributed by atoms with Crippen molar-refractivity contribution in [3.05, 3.63) is 54.1 Å². The van der Waals surface area contributed by atoms with E-state index in [2.05, 4.69) is 15.5 Å². The lowest BCUT2D eigenvalue weighted by Crippen LogP contribution is -2.48. The minimum atomic E-state index is -0.291. The van der Waals surface area contributed by atoms with Gasteiger partial charge in [0.15, 0.2) is 5.11 Å². The fourth-order valence-corrected chi connectivity index (χ4v) is 3.69. The molecular formula is C24H30N4O3S. The van der Waals surface area contributed by atoms with E-state index in [0.717, 1.165) is 44.0 Å². The van der Waals surface area contributed by atoms with Crippen LogP contribution in [0.5, 0.6) is 5.75 Å². The Morgan fingerprint density at radius 1 is 1.03 bits per heavy atom. The average molecular weight is 455 g/mol. The number of nitrogens with zero attached hydrogens (tertiary/aromatic N) is 2. The molecule has 2 amide bonds. The van der Waals surface area contributed by atoms with Gasteiger partial charge in [-0.15, -0.1) is 0 Å². The van der Waals surface area contributed by atoms with Crippen molar-refractivity contribution in [1.29, 1.82) is 0 Å². The third-order valence-electron chi connectivity index (χ3n) is 5.22. The molecule has 1 heterocycles. The molecule has 1 aliphatic heterocycles. The van der Waals surface area contributed by atoms with Gasteiger partial charge in [-0.05, 0) is 61.1 Å². The van der Waals surface area contributed by atoms with Crippen LogP contribution in [0, 0.1) is 0 Å². The second kappa shape index (κ2) is 11.5. The highest BCUT2D eigenvalue weighted by atomic mass is 32.1. The number of nitrogens with one attached hydrogen (secondary N) is 2. The van der Waals surface area contributed by atoms with Crippen molar-refractivity contribution in [2.24, 2.45) is 0 Å². The first-order valence-electron chi connectivity index (χ1n) is 11.0. The molecule has 2 aromatic rings. The SMILES string of the molecule is CCCOc1cccc(C(=O)NC(=S)Nc2ccc(N3CCN(C(=O)CC)CC3)cc2)c1. The Bertz CT molecular complexity index is 941. The van der Waals surface area contributed by atoms with Gasteiger partial charge in [0.2, 0.25) is 5.91 Å². The third kappa shape index (κ3) is 6.43. The van der Waals surface area contributed by atoms with E-state index >= 15 is 0 Å². The maximum absolute atomic E-state index is 12.5. The summed E-state index contributed by atoms with van der Waals surface area (Å²) in [7, 11) is 0. The van der Waals surface area contributed by atoms with Crippen molar-refractivity contribution < 1.29 is 14.3 Å². The molecule has 0 saturated carbocycles.